The second-order valence-electron chi connectivity index (χ2n) is 4.90. The van der Waals surface area contributed by atoms with E-state index in [0.717, 1.165) is 45.6 Å². The van der Waals surface area contributed by atoms with Crippen LogP contribution in [0.3, 0.4) is 0 Å². The molecule has 4 heteroatoms. The molecular formula is C13H27N3O. The number of nitrogens with zero attached hydrogens (tertiary/aromatic N) is 2. The summed E-state index contributed by atoms with van der Waals surface area (Å²) >= 11 is 0. The van der Waals surface area contributed by atoms with Crippen LogP contribution in [-0.2, 0) is 4.79 Å². The summed E-state index contributed by atoms with van der Waals surface area (Å²) in [6.45, 7) is 11.8. The number of hydrogen-bond donors (Lipinski definition) is 1. The number of piperazine rings is 1. The summed E-state index contributed by atoms with van der Waals surface area (Å²) in [6, 6.07) is 0.470. The summed E-state index contributed by atoms with van der Waals surface area (Å²) in [5, 5.41) is 3.35. The molecule has 0 spiro atoms. The van der Waals surface area contributed by atoms with E-state index in [-0.39, 0.29) is 0 Å². The number of nitrogens with one attached hydrogen (secondary N) is 1. The van der Waals surface area contributed by atoms with Crippen LogP contribution in [0.4, 0.5) is 0 Å². The molecule has 1 N–H and O–H groups in total. The van der Waals surface area contributed by atoms with Crippen molar-refractivity contribution in [2.45, 2.75) is 39.7 Å². The summed E-state index contributed by atoms with van der Waals surface area (Å²) in [5.41, 5.74) is 0. The van der Waals surface area contributed by atoms with Crippen molar-refractivity contribution in [2.75, 3.05) is 39.3 Å². The van der Waals surface area contributed by atoms with Gasteiger partial charge in [0.15, 0.2) is 0 Å². The maximum absolute atomic E-state index is 12.2. The van der Waals surface area contributed by atoms with E-state index in [1.54, 1.807) is 0 Å². The summed E-state index contributed by atoms with van der Waals surface area (Å²) in [7, 11) is 0. The Morgan fingerprint density at radius 3 is 2.53 bits per heavy atom. The Kier molecular flexibility index (Phi) is 6.52. The number of rotatable bonds is 6. The fraction of sp³-hybridized carbons (Fsp3) is 0.923. The molecule has 0 aromatic heterocycles. The van der Waals surface area contributed by atoms with Gasteiger partial charge < -0.3 is 10.2 Å². The predicted octanol–water partition coefficient (Wildman–Crippen LogP) is 0.929. The van der Waals surface area contributed by atoms with Gasteiger partial charge in [0.05, 0.1) is 6.54 Å². The molecule has 0 saturated carbocycles. The van der Waals surface area contributed by atoms with Gasteiger partial charge in [-0.3, -0.25) is 9.69 Å². The van der Waals surface area contributed by atoms with Crippen LogP contribution in [0.25, 0.3) is 0 Å². The lowest BCUT2D eigenvalue weighted by atomic mass is 10.2. The van der Waals surface area contributed by atoms with Crippen molar-refractivity contribution in [1.82, 2.24) is 15.1 Å². The van der Waals surface area contributed by atoms with E-state index < -0.39 is 0 Å². The summed E-state index contributed by atoms with van der Waals surface area (Å²) in [6.07, 6.45) is 2.09. The smallest absolute Gasteiger partial charge is 0.236 e. The number of carbonyl (C=O) groups is 1. The molecular weight excluding hydrogens is 214 g/mol. The van der Waals surface area contributed by atoms with Gasteiger partial charge in [0.25, 0.3) is 0 Å². The van der Waals surface area contributed by atoms with Crippen LogP contribution < -0.4 is 5.32 Å². The summed E-state index contributed by atoms with van der Waals surface area (Å²) in [5.74, 6) is 0.294. The Morgan fingerprint density at radius 2 is 2.00 bits per heavy atom. The highest BCUT2D eigenvalue weighted by molar-refractivity contribution is 5.78. The molecule has 1 saturated heterocycles. The number of hydrogen-bond acceptors (Lipinski definition) is 3. The van der Waals surface area contributed by atoms with Crippen molar-refractivity contribution in [1.29, 1.82) is 0 Å². The lowest BCUT2D eigenvalue weighted by Gasteiger charge is -2.34. The molecule has 1 aliphatic rings. The zero-order valence-electron chi connectivity index (χ0n) is 11.5. The quantitative estimate of drug-likeness (QED) is 0.751. The lowest BCUT2D eigenvalue weighted by Crippen LogP contribution is -2.53. The van der Waals surface area contributed by atoms with E-state index in [1.165, 1.54) is 0 Å². The Labute approximate surface area is 105 Å². The molecule has 1 aliphatic heterocycles. The molecule has 0 aromatic rings. The molecule has 1 atom stereocenters. The van der Waals surface area contributed by atoms with Crippen LogP contribution in [0.15, 0.2) is 0 Å². The molecule has 100 valence electrons. The van der Waals surface area contributed by atoms with E-state index in [9.17, 15) is 4.79 Å². The van der Waals surface area contributed by atoms with Gasteiger partial charge in [0.2, 0.25) is 5.91 Å². The summed E-state index contributed by atoms with van der Waals surface area (Å²) in [4.78, 5) is 16.5. The second-order valence-corrected chi connectivity index (χ2v) is 4.90. The first-order chi connectivity index (χ1) is 8.19. The largest absolute Gasteiger partial charge is 0.342 e. The Morgan fingerprint density at radius 1 is 1.35 bits per heavy atom. The minimum absolute atomic E-state index is 0.294. The van der Waals surface area contributed by atoms with Crippen molar-refractivity contribution < 1.29 is 4.79 Å². The predicted molar refractivity (Wildman–Crippen MR) is 71.1 cm³/mol. The fourth-order valence-electron chi connectivity index (χ4n) is 2.29. The fourth-order valence-corrected chi connectivity index (χ4v) is 2.29. The molecule has 17 heavy (non-hydrogen) atoms. The van der Waals surface area contributed by atoms with Crippen LogP contribution in [0.1, 0.15) is 33.6 Å². The first-order valence-corrected chi connectivity index (χ1v) is 6.91. The molecule has 1 fully saturated rings. The maximum Gasteiger partial charge on any atom is 0.236 e. The first kappa shape index (κ1) is 14.5. The average molecular weight is 241 g/mol. The van der Waals surface area contributed by atoms with E-state index in [0.29, 0.717) is 18.5 Å². The van der Waals surface area contributed by atoms with E-state index in [4.69, 9.17) is 0 Å². The molecule has 0 unspecified atom stereocenters. The average Bonchev–Trinajstić information content (AvgIpc) is 2.32. The summed E-state index contributed by atoms with van der Waals surface area (Å²) < 4.78 is 0. The second kappa shape index (κ2) is 7.67. The van der Waals surface area contributed by atoms with Gasteiger partial charge in [-0.1, -0.05) is 13.8 Å². The zero-order chi connectivity index (χ0) is 12.7. The minimum atomic E-state index is 0.294. The van der Waals surface area contributed by atoms with Gasteiger partial charge >= 0.3 is 0 Å². The zero-order valence-corrected chi connectivity index (χ0v) is 11.5. The molecule has 0 aliphatic carbocycles. The van der Waals surface area contributed by atoms with Gasteiger partial charge in [-0.15, -0.1) is 0 Å². The molecule has 4 nitrogen and oxygen atoms in total. The first-order valence-electron chi connectivity index (χ1n) is 6.91. The molecule has 1 rings (SSSR count). The van der Waals surface area contributed by atoms with Crippen LogP contribution in [-0.4, -0.2) is 61.0 Å². The minimum Gasteiger partial charge on any atom is -0.342 e. The molecule has 0 bridgehead atoms. The Bertz CT molecular complexity index is 227. The number of carbonyl (C=O) groups excluding carboxylic acids is 1. The van der Waals surface area contributed by atoms with Crippen molar-refractivity contribution >= 4 is 5.91 Å². The highest BCUT2D eigenvalue weighted by Crippen LogP contribution is 2.04. The van der Waals surface area contributed by atoms with Crippen LogP contribution >= 0.6 is 0 Å². The normalized spacial score (nSPS) is 21.5. The van der Waals surface area contributed by atoms with Gasteiger partial charge in [-0.05, 0) is 19.8 Å². The van der Waals surface area contributed by atoms with Gasteiger partial charge in [0, 0.05) is 38.8 Å². The highest BCUT2D eigenvalue weighted by Gasteiger charge is 2.22. The monoisotopic (exact) mass is 241 g/mol. The van der Waals surface area contributed by atoms with E-state index >= 15 is 0 Å². The molecule has 1 amide bonds. The molecule has 0 aromatic carbocycles. The lowest BCUT2D eigenvalue weighted by molar-refractivity contribution is -0.133. The Hall–Kier alpha value is -0.610. The van der Waals surface area contributed by atoms with Crippen LogP contribution in [0.5, 0.6) is 0 Å². The topological polar surface area (TPSA) is 35.6 Å². The van der Waals surface area contributed by atoms with Crippen molar-refractivity contribution in [3.8, 4) is 0 Å². The van der Waals surface area contributed by atoms with Gasteiger partial charge in [-0.25, -0.2) is 0 Å². The Balaban J connectivity index is 2.44. The molecule has 1 heterocycles. The van der Waals surface area contributed by atoms with E-state index in [1.807, 2.05) is 4.90 Å². The van der Waals surface area contributed by atoms with Crippen LogP contribution in [0.2, 0.25) is 0 Å². The van der Waals surface area contributed by atoms with Gasteiger partial charge in [-0.2, -0.15) is 0 Å². The van der Waals surface area contributed by atoms with E-state index in [2.05, 4.69) is 31.0 Å². The maximum atomic E-state index is 12.2. The van der Waals surface area contributed by atoms with Crippen molar-refractivity contribution in [2.24, 2.45) is 0 Å². The highest BCUT2D eigenvalue weighted by atomic mass is 16.2. The third-order valence-corrected chi connectivity index (χ3v) is 3.32. The van der Waals surface area contributed by atoms with Crippen LogP contribution in [0, 0.1) is 0 Å². The standard InChI is InChI=1S/C13H27N3O/c1-4-7-15(8-5-2)13(17)11-16-9-6-14-10-12(16)3/h12,14H,4-11H2,1-3H3/t12-/m1/s1. The molecule has 0 radical (unpaired) electrons. The van der Waals surface area contributed by atoms with Crippen molar-refractivity contribution in [3.05, 3.63) is 0 Å². The van der Waals surface area contributed by atoms with Gasteiger partial charge in [0.1, 0.15) is 0 Å². The van der Waals surface area contributed by atoms with Crippen molar-refractivity contribution in [3.63, 3.8) is 0 Å². The third kappa shape index (κ3) is 4.64. The third-order valence-electron chi connectivity index (χ3n) is 3.32. The SMILES string of the molecule is CCCN(CCC)C(=O)CN1CCNC[C@H]1C. The number of amides is 1.